The van der Waals surface area contributed by atoms with Crippen molar-refractivity contribution >= 4 is 0 Å². The van der Waals surface area contributed by atoms with Crippen LogP contribution in [0.2, 0.25) is 0 Å². The lowest BCUT2D eigenvalue weighted by Gasteiger charge is -2.25. The molecule has 1 rings (SSSR count). The average Bonchev–Trinajstić information content (AvgIpc) is 2.64. The lowest BCUT2D eigenvalue weighted by molar-refractivity contribution is 0.323. The monoisotopic (exact) mass is 211 g/mol. The first-order valence-corrected chi connectivity index (χ1v) is 6.93. The molecule has 0 aromatic heterocycles. The van der Waals surface area contributed by atoms with Gasteiger partial charge in [0.05, 0.1) is 0 Å². The molecular weight excluding hydrogens is 182 g/mol. The molecule has 1 heteroatoms. The van der Waals surface area contributed by atoms with Gasteiger partial charge in [0.25, 0.3) is 0 Å². The van der Waals surface area contributed by atoms with E-state index in [4.69, 9.17) is 0 Å². The predicted molar refractivity (Wildman–Crippen MR) is 68.1 cm³/mol. The van der Waals surface area contributed by atoms with Crippen molar-refractivity contribution in [3.05, 3.63) is 0 Å². The summed E-state index contributed by atoms with van der Waals surface area (Å²) in [5, 5.41) is 3.85. The highest BCUT2D eigenvalue weighted by Crippen LogP contribution is 2.28. The molecule has 0 amide bonds. The van der Waals surface area contributed by atoms with Crippen molar-refractivity contribution < 1.29 is 0 Å². The predicted octanol–water partition coefficient (Wildman–Crippen LogP) is 3.98. The molecule has 0 heterocycles. The van der Waals surface area contributed by atoms with Gasteiger partial charge in [0.2, 0.25) is 0 Å². The van der Waals surface area contributed by atoms with Crippen molar-refractivity contribution in [2.45, 2.75) is 78.3 Å². The molecule has 0 aromatic carbocycles. The summed E-state index contributed by atoms with van der Waals surface area (Å²) in [7, 11) is 0. The van der Waals surface area contributed by atoms with E-state index in [0.29, 0.717) is 6.04 Å². The Kier molecular flexibility index (Phi) is 5.66. The molecule has 1 aliphatic carbocycles. The summed E-state index contributed by atoms with van der Waals surface area (Å²) in [5.41, 5.74) is 0. The van der Waals surface area contributed by atoms with Crippen LogP contribution in [0.3, 0.4) is 0 Å². The summed E-state index contributed by atoms with van der Waals surface area (Å²) in [6.45, 7) is 9.35. The standard InChI is InChI=1S/C14H29N/c1-5-11(3)10-12(4)15-14-9-7-8-13(14)6-2/h11-15H,5-10H2,1-4H3. The van der Waals surface area contributed by atoms with Crippen LogP contribution in [0.25, 0.3) is 0 Å². The minimum absolute atomic E-state index is 0.706. The second-order valence-corrected chi connectivity index (χ2v) is 5.52. The smallest absolute Gasteiger partial charge is 0.00977 e. The third-order valence-corrected chi connectivity index (χ3v) is 4.13. The first-order chi connectivity index (χ1) is 7.17. The van der Waals surface area contributed by atoms with Gasteiger partial charge in [0.1, 0.15) is 0 Å². The maximum absolute atomic E-state index is 3.85. The van der Waals surface area contributed by atoms with Crippen molar-refractivity contribution in [2.75, 3.05) is 0 Å². The highest BCUT2D eigenvalue weighted by Gasteiger charge is 2.26. The van der Waals surface area contributed by atoms with Crippen LogP contribution in [0.4, 0.5) is 0 Å². The first-order valence-electron chi connectivity index (χ1n) is 6.93. The zero-order valence-corrected chi connectivity index (χ0v) is 11.1. The van der Waals surface area contributed by atoms with E-state index in [9.17, 15) is 0 Å². The van der Waals surface area contributed by atoms with E-state index in [2.05, 4.69) is 33.0 Å². The maximum atomic E-state index is 3.85. The van der Waals surface area contributed by atoms with E-state index in [1.807, 2.05) is 0 Å². The summed E-state index contributed by atoms with van der Waals surface area (Å²) < 4.78 is 0. The Labute approximate surface area is 96.0 Å². The van der Waals surface area contributed by atoms with Gasteiger partial charge < -0.3 is 5.32 Å². The van der Waals surface area contributed by atoms with E-state index < -0.39 is 0 Å². The molecule has 0 spiro atoms. The van der Waals surface area contributed by atoms with Gasteiger partial charge in [-0.3, -0.25) is 0 Å². The lowest BCUT2D eigenvalue weighted by atomic mass is 9.96. The van der Waals surface area contributed by atoms with Crippen molar-refractivity contribution in [1.82, 2.24) is 5.32 Å². The van der Waals surface area contributed by atoms with Gasteiger partial charge in [-0.05, 0) is 38.0 Å². The molecule has 1 saturated carbocycles. The average molecular weight is 211 g/mol. The van der Waals surface area contributed by atoms with Gasteiger partial charge in [-0.2, -0.15) is 0 Å². The Morgan fingerprint density at radius 2 is 1.93 bits per heavy atom. The Hall–Kier alpha value is -0.0400. The second-order valence-electron chi connectivity index (χ2n) is 5.52. The van der Waals surface area contributed by atoms with Gasteiger partial charge in [-0.15, -0.1) is 0 Å². The molecule has 0 bridgehead atoms. The summed E-state index contributed by atoms with van der Waals surface area (Å²) in [5.74, 6) is 1.82. The first kappa shape index (κ1) is 13.0. The van der Waals surface area contributed by atoms with Gasteiger partial charge >= 0.3 is 0 Å². The Morgan fingerprint density at radius 1 is 1.20 bits per heavy atom. The number of hydrogen-bond donors (Lipinski definition) is 1. The molecule has 4 atom stereocenters. The second kappa shape index (κ2) is 6.52. The lowest BCUT2D eigenvalue weighted by Crippen LogP contribution is -2.39. The minimum atomic E-state index is 0.706. The SMILES string of the molecule is CCC(C)CC(C)NC1CCCC1CC. The molecule has 1 nitrogen and oxygen atoms in total. The van der Waals surface area contributed by atoms with Gasteiger partial charge in [0.15, 0.2) is 0 Å². The van der Waals surface area contributed by atoms with Crippen molar-refractivity contribution in [1.29, 1.82) is 0 Å². The van der Waals surface area contributed by atoms with Crippen molar-refractivity contribution in [2.24, 2.45) is 11.8 Å². The summed E-state index contributed by atoms with van der Waals surface area (Å²) in [6.07, 6.45) is 8.30. The van der Waals surface area contributed by atoms with Crippen LogP contribution in [0, 0.1) is 11.8 Å². The summed E-state index contributed by atoms with van der Waals surface area (Å²) in [6, 6.07) is 1.52. The molecule has 90 valence electrons. The van der Waals surface area contributed by atoms with Gasteiger partial charge in [-0.1, -0.05) is 40.0 Å². The van der Waals surface area contributed by atoms with Crippen LogP contribution in [0.1, 0.15) is 66.2 Å². The van der Waals surface area contributed by atoms with Crippen LogP contribution in [-0.4, -0.2) is 12.1 Å². The Morgan fingerprint density at radius 3 is 2.53 bits per heavy atom. The third-order valence-electron chi connectivity index (χ3n) is 4.13. The Bertz CT molecular complexity index is 167. The fourth-order valence-electron chi connectivity index (χ4n) is 2.95. The topological polar surface area (TPSA) is 12.0 Å². The molecule has 0 saturated heterocycles. The van der Waals surface area contributed by atoms with Crippen LogP contribution in [-0.2, 0) is 0 Å². The fourth-order valence-corrected chi connectivity index (χ4v) is 2.95. The van der Waals surface area contributed by atoms with Gasteiger partial charge in [-0.25, -0.2) is 0 Å². The largest absolute Gasteiger partial charge is 0.311 e. The fraction of sp³-hybridized carbons (Fsp3) is 1.00. The van der Waals surface area contributed by atoms with Crippen molar-refractivity contribution in [3.63, 3.8) is 0 Å². The quantitative estimate of drug-likeness (QED) is 0.701. The van der Waals surface area contributed by atoms with Crippen LogP contribution in [0.15, 0.2) is 0 Å². The molecule has 0 radical (unpaired) electrons. The number of hydrogen-bond acceptors (Lipinski definition) is 1. The molecular formula is C14H29N. The number of rotatable bonds is 6. The zero-order valence-electron chi connectivity index (χ0n) is 11.1. The molecule has 1 fully saturated rings. The van der Waals surface area contributed by atoms with Crippen LogP contribution < -0.4 is 5.32 Å². The summed E-state index contributed by atoms with van der Waals surface area (Å²) in [4.78, 5) is 0. The molecule has 0 aliphatic heterocycles. The zero-order chi connectivity index (χ0) is 11.3. The van der Waals surface area contributed by atoms with Crippen LogP contribution in [0.5, 0.6) is 0 Å². The highest BCUT2D eigenvalue weighted by atomic mass is 15.0. The minimum Gasteiger partial charge on any atom is -0.311 e. The van der Waals surface area contributed by atoms with Gasteiger partial charge in [0, 0.05) is 12.1 Å². The van der Waals surface area contributed by atoms with E-state index in [-0.39, 0.29) is 0 Å². The number of nitrogens with one attached hydrogen (secondary N) is 1. The van der Waals surface area contributed by atoms with E-state index in [1.54, 1.807) is 0 Å². The maximum Gasteiger partial charge on any atom is 0.00977 e. The molecule has 1 aliphatic rings. The Balaban J connectivity index is 2.27. The molecule has 15 heavy (non-hydrogen) atoms. The molecule has 1 N–H and O–H groups in total. The van der Waals surface area contributed by atoms with Crippen molar-refractivity contribution in [3.8, 4) is 0 Å². The normalized spacial score (nSPS) is 30.4. The summed E-state index contributed by atoms with van der Waals surface area (Å²) >= 11 is 0. The third kappa shape index (κ3) is 4.14. The molecule has 4 unspecified atom stereocenters. The van der Waals surface area contributed by atoms with E-state index in [1.165, 1.54) is 38.5 Å². The molecule has 0 aromatic rings. The van der Waals surface area contributed by atoms with E-state index in [0.717, 1.165) is 17.9 Å². The van der Waals surface area contributed by atoms with Crippen LogP contribution >= 0.6 is 0 Å². The van der Waals surface area contributed by atoms with E-state index >= 15 is 0 Å². The highest BCUT2D eigenvalue weighted by molar-refractivity contribution is 4.84.